The average Bonchev–Trinajstić information content (AvgIpc) is 2.97. The molecule has 3 aromatic rings. The molecule has 1 N–H and O–H groups in total. The van der Waals surface area contributed by atoms with Crippen LogP contribution in [0.4, 0.5) is 0 Å². The summed E-state index contributed by atoms with van der Waals surface area (Å²) in [5.41, 5.74) is 2.73. The maximum Gasteiger partial charge on any atom is 0.150 e. The van der Waals surface area contributed by atoms with Crippen LogP contribution in [0.25, 0.3) is 21.6 Å². The van der Waals surface area contributed by atoms with Gasteiger partial charge in [-0.1, -0.05) is 24.3 Å². The van der Waals surface area contributed by atoms with Gasteiger partial charge >= 0.3 is 0 Å². The van der Waals surface area contributed by atoms with Crippen LogP contribution in [0.3, 0.4) is 0 Å². The first kappa shape index (κ1) is 13.1. The van der Waals surface area contributed by atoms with Crippen LogP contribution in [0.15, 0.2) is 30.6 Å². The molecule has 3 rings (SSSR count). The summed E-state index contributed by atoms with van der Waals surface area (Å²) in [5.74, 6) is 0. The number of benzene rings is 1. The molecule has 6 heteroatoms. The number of aromatic nitrogens is 4. The number of nitrogens with one attached hydrogen (secondary N) is 1. The minimum atomic E-state index is 0.215. The lowest BCUT2D eigenvalue weighted by Gasteiger charge is -2.06. The van der Waals surface area contributed by atoms with Crippen molar-refractivity contribution < 1.29 is 0 Å². The fraction of sp³-hybridized carbons (Fsp3) is 0.286. The Kier molecular flexibility index (Phi) is 3.66. The summed E-state index contributed by atoms with van der Waals surface area (Å²) in [5, 5.41) is 13.8. The third-order valence-corrected chi connectivity index (χ3v) is 4.19. The van der Waals surface area contributed by atoms with Crippen molar-refractivity contribution in [3.05, 3.63) is 35.6 Å². The number of fused-ring (bicyclic) bond motifs is 1. The molecule has 0 bridgehead atoms. The van der Waals surface area contributed by atoms with Gasteiger partial charge in [0.15, 0.2) is 0 Å². The average molecular weight is 285 g/mol. The first-order valence-electron chi connectivity index (χ1n) is 6.56. The molecule has 0 amide bonds. The molecule has 20 heavy (non-hydrogen) atoms. The highest BCUT2D eigenvalue weighted by Gasteiger charge is 2.14. The van der Waals surface area contributed by atoms with E-state index in [1.54, 1.807) is 23.7 Å². The smallest absolute Gasteiger partial charge is 0.150 e. The molecule has 0 fully saturated rings. The Labute approximate surface area is 121 Å². The molecule has 0 saturated carbocycles. The van der Waals surface area contributed by atoms with Gasteiger partial charge in [-0.05, 0) is 25.6 Å². The number of nitrogens with zero attached hydrogens (tertiary/aromatic N) is 4. The van der Waals surface area contributed by atoms with Crippen molar-refractivity contribution in [1.82, 2.24) is 25.5 Å². The predicted molar refractivity (Wildman–Crippen MR) is 80.5 cm³/mol. The molecule has 0 aliphatic rings. The van der Waals surface area contributed by atoms with E-state index in [0.717, 1.165) is 33.2 Å². The zero-order chi connectivity index (χ0) is 13.9. The van der Waals surface area contributed by atoms with Crippen molar-refractivity contribution in [1.29, 1.82) is 0 Å². The second kappa shape index (κ2) is 5.60. The van der Waals surface area contributed by atoms with Gasteiger partial charge in [-0.15, -0.1) is 10.2 Å². The zero-order valence-electron chi connectivity index (χ0n) is 11.4. The summed E-state index contributed by atoms with van der Waals surface area (Å²) in [6.07, 6.45) is 3.40. The summed E-state index contributed by atoms with van der Waals surface area (Å²) in [6.45, 7) is 5.09. The van der Waals surface area contributed by atoms with Crippen LogP contribution in [-0.4, -0.2) is 26.7 Å². The van der Waals surface area contributed by atoms with Crippen LogP contribution in [0, 0.1) is 0 Å². The lowest BCUT2D eigenvalue weighted by molar-refractivity contribution is 0.590. The van der Waals surface area contributed by atoms with Gasteiger partial charge in [0.2, 0.25) is 0 Å². The molecule has 0 aliphatic heterocycles. The number of hydrogen-bond donors (Lipinski definition) is 1. The van der Waals surface area contributed by atoms with Gasteiger partial charge in [-0.25, -0.2) is 0 Å². The first-order chi connectivity index (χ1) is 9.79. The van der Waals surface area contributed by atoms with Gasteiger partial charge in [-0.2, -0.15) is 0 Å². The molecule has 1 atom stereocenters. The van der Waals surface area contributed by atoms with Gasteiger partial charge in [0, 0.05) is 18.0 Å². The van der Waals surface area contributed by atoms with Crippen LogP contribution in [0.5, 0.6) is 0 Å². The van der Waals surface area contributed by atoms with Crippen molar-refractivity contribution in [2.45, 2.75) is 19.9 Å². The Morgan fingerprint density at radius 3 is 2.90 bits per heavy atom. The van der Waals surface area contributed by atoms with E-state index < -0.39 is 0 Å². The predicted octanol–water partition coefficient (Wildman–Crippen LogP) is 2.82. The third kappa shape index (κ3) is 2.39. The Bertz CT molecular complexity index is 719. The quantitative estimate of drug-likeness (QED) is 0.798. The molecular weight excluding hydrogens is 270 g/mol. The van der Waals surface area contributed by atoms with Crippen molar-refractivity contribution in [3.8, 4) is 10.6 Å². The molecule has 0 radical (unpaired) electrons. The third-order valence-electron chi connectivity index (χ3n) is 3.05. The molecule has 0 spiro atoms. The lowest BCUT2D eigenvalue weighted by atomic mass is 10.2. The van der Waals surface area contributed by atoms with Crippen LogP contribution in [0.2, 0.25) is 0 Å². The van der Waals surface area contributed by atoms with Gasteiger partial charge < -0.3 is 5.32 Å². The van der Waals surface area contributed by atoms with Crippen molar-refractivity contribution in [2.75, 3.05) is 6.54 Å². The van der Waals surface area contributed by atoms with Crippen LogP contribution in [0.1, 0.15) is 24.9 Å². The normalized spacial score (nSPS) is 12.7. The number of para-hydroxylation sites is 1. The van der Waals surface area contributed by atoms with E-state index >= 15 is 0 Å². The summed E-state index contributed by atoms with van der Waals surface area (Å²) < 4.78 is 0. The number of hydrogen-bond acceptors (Lipinski definition) is 6. The molecule has 2 aromatic heterocycles. The van der Waals surface area contributed by atoms with Gasteiger partial charge in [0.05, 0.1) is 17.1 Å². The van der Waals surface area contributed by atoms with E-state index in [1.807, 2.05) is 18.2 Å². The van der Waals surface area contributed by atoms with Crippen LogP contribution < -0.4 is 5.32 Å². The Balaban J connectivity index is 2.03. The molecule has 2 heterocycles. The van der Waals surface area contributed by atoms with Crippen LogP contribution in [-0.2, 0) is 0 Å². The minimum absolute atomic E-state index is 0.215. The standard InChI is InChI=1S/C14H15N5S/c1-3-15-9(2)13-18-19-14(20-13)10-5-4-6-11-12(10)17-8-7-16-11/h4-9,15H,3H2,1-2H3. The maximum absolute atomic E-state index is 4.41. The zero-order valence-corrected chi connectivity index (χ0v) is 12.2. The van der Waals surface area contributed by atoms with E-state index in [0.29, 0.717) is 0 Å². The molecule has 102 valence electrons. The molecule has 5 nitrogen and oxygen atoms in total. The van der Waals surface area contributed by atoms with E-state index in [2.05, 4.69) is 39.3 Å². The Hall–Kier alpha value is -1.92. The van der Waals surface area contributed by atoms with E-state index in [-0.39, 0.29) is 6.04 Å². The fourth-order valence-electron chi connectivity index (χ4n) is 2.08. The highest BCUT2D eigenvalue weighted by molar-refractivity contribution is 7.14. The Morgan fingerprint density at radius 1 is 1.20 bits per heavy atom. The molecular formula is C14H15N5S. The monoisotopic (exact) mass is 285 g/mol. The van der Waals surface area contributed by atoms with Crippen molar-refractivity contribution in [3.63, 3.8) is 0 Å². The fourth-order valence-corrected chi connectivity index (χ4v) is 2.97. The SMILES string of the molecule is CCNC(C)c1nnc(-c2cccc3nccnc23)s1. The van der Waals surface area contributed by atoms with E-state index in [1.165, 1.54) is 0 Å². The first-order valence-corrected chi connectivity index (χ1v) is 7.38. The topological polar surface area (TPSA) is 63.6 Å². The summed E-state index contributed by atoms with van der Waals surface area (Å²) >= 11 is 1.60. The highest BCUT2D eigenvalue weighted by Crippen LogP contribution is 2.30. The number of rotatable bonds is 4. The minimum Gasteiger partial charge on any atom is -0.308 e. The summed E-state index contributed by atoms with van der Waals surface area (Å²) in [7, 11) is 0. The Morgan fingerprint density at radius 2 is 2.05 bits per heavy atom. The second-order valence-electron chi connectivity index (χ2n) is 4.45. The van der Waals surface area contributed by atoms with Gasteiger partial charge in [0.25, 0.3) is 0 Å². The maximum atomic E-state index is 4.41. The molecule has 0 aliphatic carbocycles. The molecule has 0 saturated heterocycles. The van der Waals surface area contributed by atoms with Crippen LogP contribution >= 0.6 is 11.3 Å². The van der Waals surface area contributed by atoms with E-state index in [4.69, 9.17) is 0 Å². The van der Waals surface area contributed by atoms with Crippen molar-refractivity contribution in [2.24, 2.45) is 0 Å². The molecule has 1 aromatic carbocycles. The lowest BCUT2D eigenvalue weighted by Crippen LogP contribution is -2.17. The highest BCUT2D eigenvalue weighted by atomic mass is 32.1. The molecule has 1 unspecified atom stereocenters. The summed E-state index contributed by atoms with van der Waals surface area (Å²) in [4.78, 5) is 8.73. The van der Waals surface area contributed by atoms with Crippen molar-refractivity contribution >= 4 is 22.4 Å². The summed E-state index contributed by atoms with van der Waals surface area (Å²) in [6, 6.07) is 6.15. The largest absolute Gasteiger partial charge is 0.308 e. The second-order valence-corrected chi connectivity index (χ2v) is 5.46. The van der Waals surface area contributed by atoms with Gasteiger partial charge in [0.1, 0.15) is 10.0 Å². The van der Waals surface area contributed by atoms with E-state index in [9.17, 15) is 0 Å². The van der Waals surface area contributed by atoms with Gasteiger partial charge in [-0.3, -0.25) is 9.97 Å².